The Kier molecular flexibility index (Phi) is 10.6. The molecule has 0 aliphatic carbocycles. The molecule has 0 aliphatic heterocycles. The molecule has 0 N–H and O–H groups in total. The van der Waals surface area contributed by atoms with E-state index < -0.39 is 0 Å². The fourth-order valence-corrected chi connectivity index (χ4v) is 1.02. The van der Waals surface area contributed by atoms with Gasteiger partial charge in [-0.3, -0.25) is 0 Å². The van der Waals surface area contributed by atoms with E-state index in [4.69, 9.17) is 5.26 Å². The summed E-state index contributed by atoms with van der Waals surface area (Å²) in [5, 5.41) is 8.28. The van der Waals surface area contributed by atoms with Crippen LogP contribution in [-0.4, -0.2) is 0 Å². The lowest BCUT2D eigenvalue weighted by Gasteiger charge is -1.87. The van der Waals surface area contributed by atoms with Gasteiger partial charge in [0.1, 0.15) is 0 Å². The Morgan fingerprint density at radius 3 is 2.29 bits per heavy atom. The summed E-state index contributed by atoms with van der Waals surface area (Å²) in [6.07, 6.45) is 17.6. The van der Waals surface area contributed by atoms with E-state index in [1.54, 1.807) is 0 Å². The molecule has 0 spiro atoms. The van der Waals surface area contributed by atoms with Gasteiger partial charge in [-0.2, -0.15) is 5.26 Å². The molecule has 0 saturated carbocycles. The largest absolute Gasteiger partial charge is 0.198 e. The van der Waals surface area contributed by atoms with Crippen LogP contribution in [-0.2, 0) is 0 Å². The second-order valence-corrected chi connectivity index (χ2v) is 3.05. The number of rotatable bonds is 7. The van der Waals surface area contributed by atoms with Gasteiger partial charge < -0.3 is 0 Å². The average Bonchev–Trinajstić information content (AvgIpc) is 2.21. The van der Waals surface area contributed by atoms with Crippen molar-refractivity contribution < 1.29 is 0 Å². The number of hydrogen-bond donors (Lipinski definition) is 0. The van der Waals surface area contributed by atoms with E-state index in [-0.39, 0.29) is 0 Å². The molecule has 0 amide bonds. The first-order valence-electron chi connectivity index (χ1n) is 5.21. The maximum absolute atomic E-state index is 8.28. The summed E-state index contributed by atoms with van der Waals surface area (Å²) in [5.74, 6) is 0. The molecule has 0 saturated heterocycles. The van der Waals surface area contributed by atoms with Crippen molar-refractivity contribution in [3.63, 3.8) is 0 Å². The molecule has 76 valence electrons. The summed E-state index contributed by atoms with van der Waals surface area (Å²) in [6, 6.07) is 2.11. The number of unbranched alkanes of at least 4 members (excludes halogenated alkanes) is 3. The van der Waals surface area contributed by atoms with Gasteiger partial charge in [-0.1, -0.05) is 36.5 Å². The highest BCUT2D eigenvalue weighted by molar-refractivity contribution is 5.02. The van der Waals surface area contributed by atoms with Crippen molar-refractivity contribution in [2.24, 2.45) is 0 Å². The van der Waals surface area contributed by atoms with E-state index in [1.807, 2.05) is 19.1 Å². The molecule has 1 nitrogen and oxygen atoms in total. The van der Waals surface area contributed by atoms with Gasteiger partial charge in [-0.15, -0.1) is 0 Å². The highest BCUT2D eigenvalue weighted by Gasteiger charge is 1.78. The summed E-state index contributed by atoms with van der Waals surface area (Å²) in [5.41, 5.74) is 0. The maximum Gasteiger partial charge on any atom is 0.0625 e. The predicted molar refractivity (Wildman–Crippen MR) is 61.8 cm³/mol. The van der Waals surface area contributed by atoms with Gasteiger partial charge in [-0.05, 0) is 32.6 Å². The van der Waals surface area contributed by atoms with Crippen molar-refractivity contribution in [1.29, 1.82) is 5.26 Å². The second-order valence-electron chi connectivity index (χ2n) is 3.05. The van der Waals surface area contributed by atoms with Crippen molar-refractivity contribution in [2.45, 2.75) is 39.0 Å². The molecule has 0 radical (unpaired) electrons. The topological polar surface area (TPSA) is 23.8 Å². The summed E-state index contributed by atoms with van der Waals surface area (Å²) in [7, 11) is 0. The molecule has 0 fully saturated rings. The van der Waals surface area contributed by atoms with Crippen LogP contribution >= 0.6 is 0 Å². The molecule has 0 aromatic carbocycles. The second kappa shape index (κ2) is 11.7. The van der Waals surface area contributed by atoms with Crippen LogP contribution in [0.4, 0.5) is 0 Å². The number of nitriles is 1. The van der Waals surface area contributed by atoms with Gasteiger partial charge in [0.05, 0.1) is 6.07 Å². The van der Waals surface area contributed by atoms with E-state index in [1.165, 1.54) is 12.8 Å². The zero-order chi connectivity index (χ0) is 10.5. The Balaban J connectivity index is 3.27. The molecule has 0 heterocycles. The van der Waals surface area contributed by atoms with Gasteiger partial charge in [0.2, 0.25) is 0 Å². The van der Waals surface area contributed by atoms with Crippen LogP contribution in [0.2, 0.25) is 0 Å². The fourth-order valence-electron chi connectivity index (χ4n) is 1.02. The Labute approximate surface area is 87.4 Å². The average molecular weight is 189 g/mol. The molecule has 1 heteroatoms. The molecular weight excluding hydrogens is 170 g/mol. The van der Waals surface area contributed by atoms with Crippen molar-refractivity contribution in [1.82, 2.24) is 0 Å². The van der Waals surface area contributed by atoms with Crippen LogP contribution < -0.4 is 0 Å². The van der Waals surface area contributed by atoms with Crippen molar-refractivity contribution in [3.05, 3.63) is 36.5 Å². The van der Waals surface area contributed by atoms with Crippen LogP contribution in [0.5, 0.6) is 0 Å². The Bertz CT molecular complexity index is 228. The van der Waals surface area contributed by atoms with Gasteiger partial charge in [0.15, 0.2) is 0 Å². The first-order valence-corrected chi connectivity index (χ1v) is 5.21. The van der Waals surface area contributed by atoms with Crippen LogP contribution in [0, 0.1) is 11.3 Å². The van der Waals surface area contributed by atoms with Crippen LogP contribution in [0.1, 0.15) is 39.0 Å². The van der Waals surface area contributed by atoms with Crippen LogP contribution in [0.15, 0.2) is 36.5 Å². The van der Waals surface area contributed by atoms with Gasteiger partial charge in [-0.25, -0.2) is 0 Å². The monoisotopic (exact) mass is 189 g/mol. The van der Waals surface area contributed by atoms with Gasteiger partial charge in [0.25, 0.3) is 0 Å². The molecule has 0 aromatic rings. The molecule has 0 aromatic heterocycles. The summed E-state index contributed by atoms with van der Waals surface area (Å²) in [6.45, 7) is 2.05. The maximum atomic E-state index is 8.28. The molecule has 0 bridgehead atoms. The third-order valence-electron chi connectivity index (χ3n) is 1.78. The normalized spacial score (nSPS) is 11.7. The molecular formula is C13H19N. The third kappa shape index (κ3) is 10.7. The molecule has 0 aliphatic rings. The Hall–Kier alpha value is -1.29. The molecule has 0 rings (SSSR count). The zero-order valence-electron chi connectivity index (χ0n) is 8.95. The van der Waals surface area contributed by atoms with Gasteiger partial charge >= 0.3 is 0 Å². The predicted octanol–water partition coefficient (Wildman–Crippen LogP) is 4.15. The number of allylic oxidation sites excluding steroid dienone is 6. The Morgan fingerprint density at radius 2 is 1.64 bits per heavy atom. The lowest BCUT2D eigenvalue weighted by atomic mass is 10.2. The number of nitrogens with zero attached hydrogens (tertiary/aromatic N) is 1. The molecule has 0 atom stereocenters. The minimum atomic E-state index is 0.617. The molecule has 0 unspecified atom stereocenters. The smallest absolute Gasteiger partial charge is 0.0625 e. The highest BCUT2D eigenvalue weighted by atomic mass is 14.2. The standard InChI is InChI=1S/C13H19N/c1-2-3-4-5-6-7-8-9-10-11-12-13-14/h2-3,7-10H,4-6,11-12H2,1H3/b3-2+,8-7+,10-9+. The zero-order valence-corrected chi connectivity index (χ0v) is 8.95. The van der Waals surface area contributed by atoms with Crippen molar-refractivity contribution >= 4 is 0 Å². The minimum Gasteiger partial charge on any atom is -0.198 e. The van der Waals surface area contributed by atoms with Gasteiger partial charge in [0, 0.05) is 6.42 Å². The summed E-state index contributed by atoms with van der Waals surface area (Å²) >= 11 is 0. The lowest BCUT2D eigenvalue weighted by molar-refractivity contribution is 0.867. The summed E-state index contributed by atoms with van der Waals surface area (Å²) in [4.78, 5) is 0. The minimum absolute atomic E-state index is 0.617. The number of hydrogen-bond acceptors (Lipinski definition) is 1. The fraction of sp³-hybridized carbons (Fsp3) is 0.462. The van der Waals surface area contributed by atoms with Crippen LogP contribution in [0.25, 0.3) is 0 Å². The Morgan fingerprint density at radius 1 is 1.00 bits per heavy atom. The quantitative estimate of drug-likeness (QED) is 0.335. The van der Waals surface area contributed by atoms with E-state index in [2.05, 4.69) is 30.4 Å². The van der Waals surface area contributed by atoms with Crippen LogP contribution in [0.3, 0.4) is 0 Å². The van der Waals surface area contributed by atoms with E-state index in [9.17, 15) is 0 Å². The lowest BCUT2D eigenvalue weighted by Crippen LogP contribution is -1.68. The highest BCUT2D eigenvalue weighted by Crippen LogP contribution is 1.98. The van der Waals surface area contributed by atoms with E-state index >= 15 is 0 Å². The SMILES string of the molecule is C/C=C/CCC/C=C/C=C/CCC#N. The third-order valence-corrected chi connectivity index (χ3v) is 1.78. The van der Waals surface area contributed by atoms with E-state index in [0.717, 1.165) is 12.8 Å². The van der Waals surface area contributed by atoms with E-state index in [0.29, 0.717) is 6.42 Å². The van der Waals surface area contributed by atoms with Crippen molar-refractivity contribution in [2.75, 3.05) is 0 Å². The summed E-state index contributed by atoms with van der Waals surface area (Å²) < 4.78 is 0. The molecule has 14 heavy (non-hydrogen) atoms. The van der Waals surface area contributed by atoms with Crippen molar-refractivity contribution in [3.8, 4) is 6.07 Å². The first-order chi connectivity index (χ1) is 6.91. The first kappa shape index (κ1) is 12.7.